The minimum Gasteiger partial charge on any atom is -0.477 e. The third kappa shape index (κ3) is 3.73. The van der Waals surface area contributed by atoms with Crippen LogP contribution in [0.25, 0.3) is 33.3 Å². The fourth-order valence-electron chi connectivity index (χ4n) is 5.57. The SMILES string of the molecule is CNc1cc(F)c(F)c2c1Cc1ncc(-c3cnc4c(c3)c(=O)c(C(=O)O)cn4C)c(N3CCC(F)(F)C3)c1-2. The van der Waals surface area contributed by atoms with Crippen LogP contribution in [-0.4, -0.2) is 51.7 Å². The van der Waals surface area contributed by atoms with Gasteiger partial charge in [0.2, 0.25) is 5.43 Å². The number of carboxylic acids is 1. The van der Waals surface area contributed by atoms with E-state index in [-0.39, 0.29) is 46.4 Å². The average molecular weight is 539 g/mol. The number of rotatable bonds is 4. The van der Waals surface area contributed by atoms with Crippen LogP contribution < -0.4 is 15.6 Å². The Morgan fingerprint density at radius 2 is 1.92 bits per heavy atom. The van der Waals surface area contributed by atoms with Crippen molar-refractivity contribution in [2.24, 2.45) is 7.05 Å². The highest BCUT2D eigenvalue weighted by Crippen LogP contribution is 2.51. The average Bonchev–Trinajstić information content (AvgIpc) is 3.47. The largest absolute Gasteiger partial charge is 0.477 e. The molecule has 0 radical (unpaired) electrons. The van der Waals surface area contributed by atoms with Gasteiger partial charge in [0, 0.05) is 86.1 Å². The number of halogens is 4. The van der Waals surface area contributed by atoms with E-state index in [1.165, 1.54) is 34.1 Å². The molecule has 0 bridgehead atoms. The van der Waals surface area contributed by atoms with E-state index in [9.17, 15) is 27.9 Å². The highest BCUT2D eigenvalue weighted by atomic mass is 19.3. The number of fused-ring (bicyclic) bond motifs is 4. The van der Waals surface area contributed by atoms with Crippen LogP contribution in [0.5, 0.6) is 0 Å². The molecule has 4 heterocycles. The normalized spacial score (nSPS) is 15.5. The lowest BCUT2D eigenvalue weighted by Crippen LogP contribution is -2.26. The highest BCUT2D eigenvalue weighted by molar-refractivity contribution is 5.98. The number of carbonyl (C=O) groups is 1. The molecule has 12 heteroatoms. The van der Waals surface area contributed by atoms with Gasteiger partial charge in [-0.15, -0.1) is 0 Å². The van der Waals surface area contributed by atoms with Gasteiger partial charge < -0.3 is 19.9 Å². The molecule has 3 aromatic heterocycles. The second kappa shape index (κ2) is 8.52. The highest BCUT2D eigenvalue weighted by Gasteiger charge is 2.42. The van der Waals surface area contributed by atoms with Crippen LogP contribution in [0.2, 0.25) is 0 Å². The molecule has 1 aliphatic carbocycles. The summed E-state index contributed by atoms with van der Waals surface area (Å²) >= 11 is 0. The van der Waals surface area contributed by atoms with Crippen molar-refractivity contribution in [1.82, 2.24) is 14.5 Å². The first-order valence-corrected chi connectivity index (χ1v) is 12.1. The number of pyridine rings is 3. The van der Waals surface area contributed by atoms with Gasteiger partial charge in [0.15, 0.2) is 11.6 Å². The second-order valence-corrected chi connectivity index (χ2v) is 9.75. The van der Waals surface area contributed by atoms with Gasteiger partial charge in [-0.3, -0.25) is 9.78 Å². The lowest BCUT2D eigenvalue weighted by Gasteiger charge is -2.25. The van der Waals surface area contributed by atoms with Gasteiger partial charge in [-0.2, -0.15) is 0 Å². The Balaban J connectivity index is 1.66. The number of nitrogens with zero attached hydrogens (tertiary/aromatic N) is 4. The lowest BCUT2D eigenvalue weighted by atomic mass is 9.97. The molecule has 4 aromatic rings. The summed E-state index contributed by atoms with van der Waals surface area (Å²) in [4.78, 5) is 34.9. The van der Waals surface area contributed by atoms with E-state index in [0.29, 0.717) is 22.5 Å². The summed E-state index contributed by atoms with van der Waals surface area (Å²) in [6.07, 6.45) is 3.76. The Kier molecular flexibility index (Phi) is 5.42. The molecule has 1 aromatic carbocycles. The van der Waals surface area contributed by atoms with Gasteiger partial charge in [-0.1, -0.05) is 0 Å². The summed E-state index contributed by atoms with van der Waals surface area (Å²) in [5.41, 5.74) is 1.19. The predicted octanol–water partition coefficient (Wildman–Crippen LogP) is 4.43. The Labute approximate surface area is 218 Å². The molecule has 6 rings (SSSR count). The minimum atomic E-state index is -3.00. The quantitative estimate of drug-likeness (QED) is 0.326. The van der Waals surface area contributed by atoms with E-state index in [1.54, 1.807) is 14.1 Å². The number of aromatic carboxylic acids is 1. The third-order valence-corrected chi connectivity index (χ3v) is 7.36. The lowest BCUT2D eigenvalue weighted by molar-refractivity contribution is 0.0257. The third-order valence-electron chi connectivity index (χ3n) is 7.36. The van der Waals surface area contributed by atoms with Crippen molar-refractivity contribution in [2.45, 2.75) is 18.8 Å². The van der Waals surface area contributed by atoms with Crippen LogP contribution in [0.15, 0.2) is 35.5 Å². The standard InChI is InChI=1S/C27H21F4N5O3/c1-32-18-7-17(28)22(29)20-13(18)6-19-21(20)23(36-4-3-27(30,31)11-36)15(9-33-19)12-5-14-24(37)16(26(38)39)10-35(2)25(14)34-8-12/h5,7-10,32H,3-4,6,11H2,1-2H3,(H,38,39). The molecule has 1 aliphatic heterocycles. The van der Waals surface area contributed by atoms with Crippen molar-refractivity contribution in [1.29, 1.82) is 0 Å². The molecule has 0 spiro atoms. The summed E-state index contributed by atoms with van der Waals surface area (Å²) in [7, 11) is 3.12. The number of aryl methyl sites for hydroxylation is 1. The fourth-order valence-corrected chi connectivity index (χ4v) is 5.57. The van der Waals surface area contributed by atoms with Crippen LogP contribution in [0.3, 0.4) is 0 Å². The summed E-state index contributed by atoms with van der Waals surface area (Å²) < 4.78 is 60.3. The maximum atomic E-state index is 15.4. The van der Waals surface area contributed by atoms with Gasteiger partial charge in [-0.25, -0.2) is 27.3 Å². The van der Waals surface area contributed by atoms with Crippen LogP contribution >= 0.6 is 0 Å². The second-order valence-electron chi connectivity index (χ2n) is 9.75. The van der Waals surface area contributed by atoms with Crippen LogP contribution in [-0.2, 0) is 13.5 Å². The van der Waals surface area contributed by atoms with Crippen molar-refractivity contribution in [2.75, 3.05) is 30.4 Å². The summed E-state index contributed by atoms with van der Waals surface area (Å²) in [5, 5.41) is 12.3. The van der Waals surface area contributed by atoms with Crippen molar-refractivity contribution in [3.05, 3.63) is 69.4 Å². The molecule has 0 saturated carbocycles. The first-order chi connectivity index (χ1) is 18.5. The molecule has 1 saturated heterocycles. The van der Waals surface area contributed by atoms with Gasteiger partial charge in [0.25, 0.3) is 5.92 Å². The molecule has 0 unspecified atom stereocenters. The van der Waals surface area contributed by atoms with Crippen molar-refractivity contribution in [3.63, 3.8) is 0 Å². The number of hydrogen-bond acceptors (Lipinski definition) is 6. The summed E-state index contributed by atoms with van der Waals surface area (Å²) in [5.74, 6) is -6.60. The number of alkyl halides is 2. The van der Waals surface area contributed by atoms with Crippen LogP contribution in [0.1, 0.15) is 28.0 Å². The Morgan fingerprint density at radius 3 is 2.59 bits per heavy atom. The van der Waals surface area contributed by atoms with Gasteiger partial charge in [0.1, 0.15) is 11.2 Å². The Bertz CT molecular complexity index is 1790. The smallest absolute Gasteiger partial charge is 0.341 e. The molecule has 2 aliphatic rings. The molecular formula is C27H21F4N5O3. The maximum Gasteiger partial charge on any atom is 0.341 e. The van der Waals surface area contributed by atoms with E-state index in [2.05, 4.69) is 15.3 Å². The van der Waals surface area contributed by atoms with E-state index >= 15 is 4.39 Å². The van der Waals surface area contributed by atoms with Crippen molar-refractivity contribution >= 4 is 28.4 Å². The van der Waals surface area contributed by atoms with Crippen molar-refractivity contribution in [3.8, 4) is 22.3 Å². The minimum absolute atomic E-state index is 0.00296. The first kappa shape index (κ1) is 24.8. The van der Waals surface area contributed by atoms with E-state index in [4.69, 9.17) is 0 Å². The van der Waals surface area contributed by atoms with Gasteiger partial charge in [-0.05, 0) is 11.6 Å². The fraction of sp³-hybridized carbons (Fsp3) is 0.259. The van der Waals surface area contributed by atoms with Gasteiger partial charge >= 0.3 is 5.97 Å². The number of nitrogens with one attached hydrogen (secondary N) is 1. The number of anilines is 2. The zero-order valence-electron chi connectivity index (χ0n) is 20.8. The zero-order valence-corrected chi connectivity index (χ0v) is 20.8. The number of carboxylic acid groups (broad SMARTS) is 1. The number of aromatic nitrogens is 3. The maximum absolute atomic E-state index is 15.4. The summed E-state index contributed by atoms with van der Waals surface area (Å²) in [6, 6.07) is 2.47. The molecule has 2 N–H and O–H groups in total. The first-order valence-electron chi connectivity index (χ1n) is 12.1. The molecule has 200 valence electrons. The monoisotopic (exact) mass is 539 g/mol. The van der Waals surface area contributed by atoms with Crippen molar-refractivity contribution < 1.29 is 27.5 Å². The topological polar surface area (TPSA) is 100 Å². The molecular weight excluding hydrogens is 518 g/mol. The van der Waals surface area contributed by atoms with E-state index in [0.717, 1.165) is 6.07 Å². The van der Waals surface area contributed by atoms with Crippen LogP contribution in [0, 0.1) is 11.6 Å². The number of hydrogen-bond donors (Lipinski definition) is 2. The molecule has 39 heavy (non-hydrogen) atoms. The Hall–Kier alpha value is -4.48. The molecule has 0 atom stereocenters. The van der Waals surface area contributed by atoms with E-state index in [1.807, 2.05) is 0 Å². The van der Waals surface area contributed by atoms with Crippen LogP contribution in [0.4, 0.5) is 28.9 Å². The molecule has 8 nitrogen and oxygen atoms in total. The zero-order chi connectivity index (χ0) is 27.8. The summed E-state index contributed by atoms with van der Waals surface area (Å²) in [6.45, 7) is -0.693. The van der Waals surface area contributed by atoms with E-state index < -0.39 is 47.5 Å². The predicted molar refractivity (Wildman–Crippen MR) is 137 cm³/mol. The number of benzene rings is 1. The van der Waals surface area contributed by atoms with Gasteiger partial charge in [0.05, 0.1) is 23.3 Å². The molecule has 0 amide bonds. The molecule has 1 fully saturated rings. The Morgan fingerprint density at radius 1 is 1.15 bits per heavy atom.